The number of likely N-dealkylation sites (tertiary alicyclic amines) is 1. The van der Waals surface area contributed by atoms with Crippen LogP contribution in [0.4, 0.5) is 5.95 Å². The van der Waals surface area contributed by atoms with Crippen molar-refractivity contribution in [3.8, 4) is 17.3 Å². The number of hydrogen-bond donors (Lipinski definition) is 2. The van der Waals surface area contributed by atoms with Crippen LogP contribution in [0.5, 0.6) is 0 Å². The Labute approximate surface area is 187 Å². The summed E-state index contributed by atoms with van der Waals surface area (Å²) in [5.74, 6) is 1.02. The summed E-state index contributed by atoms with van der Waals surface area (Å²) in [5.41, 5.74) is 5.48. The van der Waals surface area contributed by atoms with E-state index < -0.39 is 5.56 Å². The fourth-order valence-corrected chi connectivity index (χ4v) is 3.79. The van der Waals surface area contributed by atoms with E-state index in [1.807, 2.05) is 48.5 Å². The molecule has 4 rings (SSSR count). The average molecular weight is 427 g/mol. The van der Waals surface area contributed by atoms with Gasteiger partial charge in [0.1, 0.15) is 11.6 Å². The van der Waals surface area contributed by atoms with Gasteiger partial charge in [-0.05, 0) is 43.0 Å². The summed E-state index contributed by atoms with van der Waals surface area (Å²) < 4.78 is 0. The number of aromatic nitrogens is 2. The van der Waals surface area contributed by atoms with E-state index in [2.05, 4.69) is 44.5 Å². The predicted molar refractivity (Wildman–Crippen MR) is 126 cm³/mol. The molecule has 2 heterocycles. The zero-order chi connectivity index (χ0) is 22.3. The Hall–Kier alpha value is -3.76. The lowest BCUT2D eigenvalue weighted by atomic mass is 9.99. The van der Waals surface area contributed by atoms with Crippen molar-refractivity contribution in [3.63, 3.8) is 0 Å². The number of nitrogens with zero attached hydrogens (tertiary/aromatic N) is 4. The summed E-state index contributed by atoms with van der Waals surface area (Å²) in [7, 11) is 0. The Morgan fingerprint density at radius 2 is 1.91 bits per heavy atom. The van der Waals surface area contributed by atoms with Gasteiger partial charge in [-0.15, -0.1) is 0 Å². The number of nitriles is 1. The van der Waals surface area contributed by atoms with E-state index in [1.165, 1.54) is 18.4 Å². The quantitative estimate of drug-likeness (QED) is 0.459. The van der Waals surface area contributed by atoms with Gasteiger partial charge in [0.25, 0.3) is 5.56 Å². The van der Waals surface area contributed by atoms with Crippen molar-refractivity contribution in [3.05, 3.63) is 81.6 Å². The minimum atomic E-state index is -0.504. The van der Waals surface area contributed by atoms with Gasteiger partial charge in [-0.2, -0.15) is 10.4 Å². The highest BCUT2D eigenvalue weighted by Crippen LogP contribution is 2.20. The molecule has 0 atom stereocenters. The normalized spacial score (nSPS) is 15.0. The monoisotopic (exact) mass is 426 g/mol. The van der Waals surface area contributed by atoms with E-state index in [0.717, 1.165) is 31.1 Å². The first kappa shape index (κ1) is 21.5. The van der Waals surface area contributed by atoms with E-state index in [0.29, 0.717) is 11.3 Å². The molecule has 0 unspecified atom stereocenters. The summed E-state index contributed by atoms with van der Waals surface area (Å²) in [6.07, 6.45) is 4.22. The SMILES string of the molecule is CC1CCN(Cc2ccc(C=NNc3nc(-c4ccccc4)c(C#N)c(=O)[nH]3)cc2)CC1. The minimum Gasteiger partial charge on any atom is -0.299 e. The second-order valence-corrected chi connectivity index (χ2v) is 8.19. The highest BCUT2D eigenvalue weighted by Gasteiger charge is 2.15. The Balaban J connectivity index is 1.42. The topological polar surface area (TPSA) is 97.2 Å². The number of nitrogens with one attached hydrogen (secondary N) is 2. The van der Waals surface area contributed by atoms with Crippen molar-refractivity contribution in [1.82, 2.24) is 14.9 Å². The fraction of sp³-hybridized carbons (Fsp3) is 0.280. The number of rotatable bonds is 6. The minimum absolute atomic E-state index is 0.0236. The van der Waals surface area contributed by atoms with Gasteiger partial charge in [0.05, 0.1) is 11.9 Å². The van der Waals surface area contributed by atoms with Gasteiger partial charge in [-0.1, -0.05) is 61.5 Å². The molecule has 0 bridgehead atoms. The molecule has 0 amide bonds. The van der Waals surface area contributed by atoms with Crippen LogP contribution in [-0.2, 0) is 6.54 Å². The molecule has 1 aliphatic heterocycles. The molecule has 1 aliphatic rings. The molecule has 0 saturated carbocycles. The van der Waals surface area contributed by atoms with Crippen LogP contribution in [0.15, 0.2) is 64.5 Å². The lowest BCUT2D eigenvalue weighted by Crippen LogP contribution is -2.32. The Kier molecular flexibility index (Phi) is 6.73. The van der Waals surface area contributed by atoms with E-state index in [4.69, 9.17) is 0 Å². The molecule has 2 aromatic carbocycles. The summed E-state index contributed by atoms with van der Waals surface area (Å²) >= 11 is 0. The molecule has 1 fully saturated rings. The molecule has 0 radical (unpaired) electrons. The van der Waals surface area contributed by atoms with Crippen LogP contribution in [-0.4, -0.2) is 34.2 Å². The van der Waals surface area contributed by atoms with Crippen LogP contribution in [0.25, 0.3) is 11.3 Å². The van der Waals surface area contributed by atoms with E-state index in [9.17, 15) is 10.1 Å². The molecule has 0 aliphatic carbocycles. The van der Waals surface area contributed by atoms with Crippen molar-refractivity contribution in [2.45, 2.75) is 26.3 Å². The molecule has 162 valence electrons. The second kappa shape index (κ2) is 10.0. The highest BCUT2D eigenvalue weighted by atomic mass is 16.1. The third-order valence-electron chi connectivity index (χ3n) is 5.72. The van der Waals surface area contributed by atoms with Gasteiger partial charge in [-0.25, -0.2) is 10.4 Å². The Morgan fingerprint density at radius 1 is 1.19 bits per heavy atom. The molecule has 1 saturated heterocycles. The number of anilines is 1. The van der Waals surface area contributed by atoms with E-state index in [1.54, 1.807) is 6.21 Å². The third-order valence-corrected chi connectivity index (χ3v) is 5.72. The Bertz CT molecular complexity index is 1170. The second-order valence-electron chi connectivity index (χ2n) is 8.19. The van der Waals surface area contributed by atoms with Gasteiger partial charge in [0.15, 0.2) is 0 Å². The van der Waals surface area contributed by atoms with Gasteiger partial charge in [0.2, 0.25) is 5.95 Å². The Morgan fingerprint density at radius 3 is 2.59 bits per heavy atom. The number of hydrogen-bond acceptors (Lipinski definition) is 6. The van der Waals surface area contributed by atoms with E-state index >= 15 is 0 Å². The summed E-state index contributed by atoms with van der Waals surface area (Å²) in [5, 5.41) is 13.5. The van der Waals surface area contributed by atoms with Crippen LogP contribution in [0.3, 0.4) is 0 Å². The molecule has 7 nitrogen and oxygen atoms in total. The number of hydrazone groups is 1. The number of aromatic amines is 1. The zero-order valence-electron chi connectivity index (χ0n) is 18.1. The lowest BCUT2D eigenvalue weighted by Gasteiger charge is -2.30. The third kappa shape index (κ3) is 5.29. The van der Waals surface area contributed by atoms with Crippen LogP contribution >= 0.6 is 0 Å². The molecule has 32 heavy (non-hydrogen) atoms. The molecule has 7 heteroatoms. The summed E-state index contributed by atoms with van der Waals surface area (Å²) in [6, 6.07) is 19.4. The molecular weight excluding hydrogens is 400 g/mol. The van der Waals surface area contributed by atoms with Gasteiger partial charge < -0.3 is 0 Å². The van der Waals surface area contributed by atoms with Crippen molar-refractivity contribution in [1.29, 1.82) is 5.26 Å². The number of H-pyrrole nitrogens is 1. The van der Waals surface area contributed by atoms with Crippen molar-refractivity contribution >= 4 is 12.2 Å². The first-order valence-corrected chi connectivity index (χ1v) is 10.8. The van der Waals surface area contributed by atoms with Crippen LogP contribution < -0.4 is 11.0 Å². The average Bonchev–Trinajstić information content (AvgIpc) is 2.82. The smallest absolute Gasteiger partial charge is 0.270 e. The zero-order valence-corrected chi connectivity index (χ0v) is 18.1. The number of benzene rings is 2. The predicted octanol–water partition coefficient (Wildman–Crippen LogP) is 3.99. The van der Waals surface area contributed by atoms with Crippen LogP contribution in [0, 0.1) is 17.2 Å². The summed E-state index contributed by atoms with van der Waals surface area (Å²) in [6.45, 7) is 5.62. The lowest BCUT2D eigenvalue weighted by molar-refractivity contribution is 0.185. The van der Waals surface area contributed by atoms with Gasteiger partial charge in [-0.3, -0.25) is 14.7 Å². The first-order valence-electron chi connectivity index (χ1n) is 10.8. The summed E-state index contributed by atoms with van der Waals surface area (Å²) in [4.78, 5) is 21.7. The number of piperidine rings is 1. The first-order chi connectivity index (χ1) is 15.6. The largest absolute Gasteiger partial charge is 0.299 e. The van der Waals surface area contributed by atoms with Crippen molar-refractivity contribution < 1.29 is 0 Å². The standard InChI is InChI=1S/C25H26N6O/c1-18-11-13-31(14-12-18)17-20-9-7-19(8-10-20)16-27-30-25-28-23(21-5-3-2-4-6-21)22(15-26)24(32)29-25/h2-10,16,18H,11-14,17H2,1H3,(H2,28,29,30,32). The maximum absolute atomic E-state index is 12.3. The molecule has 0 spiro atoms. The molecule has 1 aromatic heterocycles. The van der Waals surface area contributed by atoms with E-state index in [-0.39, 0.29) is 11.5 Å². The molecular formula is C25H26N6O. The van der Waals surface area contributed by atoms with Crippen LogP contribution in [0.2, 0.25) is 0 Å². The maximum Gasteiger partial charge on any atom is 0.270 e. The van der Waals surface area contributed by atoms with Crippen LogP contribution in [0.1, 0.15) is 36.5 Å². The fourth-order valence-electron chi connectivity index (χ4n) is 3.79. The molecule has 2 N–H and O–H groups in total. The van der Waals surface area contributed by atoms with Crippen molar-refractivity contribution in [2.24, 2.45) is 11.0 Å². The maximum atomic E-state index is 12.3. The van der Waals surface area contributed by atoms with Gasteiger partial charge >= 0.3 is 0 Å². The van der Waals surface area contributed by atoms with Crippen molar-refractivity contribution in [2.75, 3.05) is 18.5 Å². The highest BCUT2D eigenvalue weighted by molar-refractivity contribution is 5.80. The van der Waals surface area contributed by atoms with Gasteiger partial charge in [0, 0.05) is 12.1 Å². The molecule has 3 aromatic rings.